The van der Waals surface area contributed by atoms with Gasteiger partial charge in [-0.1, -0.05) is 19.9 Å². The first-order valence-electron chi connectivity index (χ1n) is 8.87. The summed E-state index contributed by atoms with van der Waals surface area (Å²) in [5.74, 6) is -0.299. The lowest BCUT2D eigenvalue weighted by Gasteiger charge is -2.47. The molecule has 6 heteroatoms. The summed E-state index contributed by atoms with van der Waals surface area (Å²) in [4.78, 5) is 17.0. The van der Waals surface area contributed by atoms with Gasteiger partial charge in [0.05, 0.1) is 11.7 Å². The smallest absolute Gasteiger partial charge is 0.244 e. The van der Waals surface area contributed by atoms with E-state index < -0.39 is 0 Å². The van der Waals surface area contributed by atoms with Crippen LogP contribution < -0.4 is 10.6 Å². The molecule has 2 aliphatic heterocycles. The SMILES string of the molecule is Cc1ccc(F)c(N2CCCC(N3CCC(N)C(C)(C)C3)C2=O)c1.Cl. The number of halogens is 2. The number of nitrogens with zero attached hydrogens (tertiary/aromatic N) is 2. The fraction of sp³-hybridized carbons (Fsp3) is 0.632. The Bertz CT molecular complexity index is 637. The van der Waals surface area contributed by atoms with Crippen LogP contribution in [0.1, 0.15) is 38.7 Å². The zero-order chi connectivity index (χ0) is 17.5. The second kappa shape index (κ2) is 7.60. The van der Waals surface area contributed by atoms with Crippen LogP contribution in [0.4, 0.5) is 10.1 Å². The number of hydrogen-bond acceptors (Lipinski definition) is 3. The van der Waals surface area contributed by atoms with Gasteiger partial charge in [0.25, 0.3) is 0 Å². The van der Waals surface area contributed by atoms with Crippen LogP contribution in [-0.4, -0.2) is 42.5 Å². The maximum absolute atomic E-state index is 14.2. The lowest BCUT2D eigenvalue weighted by Crippen LogP contribution is -2.60. The van der Waals surface area contributed by atoms with E-state index >= 15 is 0 Å². The van der Waals surface area contributed by atoms with Gasteiger partial charge in [-0.05, 0) is 49.3 Å². The Kier molecular flexibility index (Phi) is 6.13. The third-order valence-corrected chi connectivity index (χ3v) is 5.59. The highest BCUT2D eigenvalue weighted by Crippen LogP contribution is 2.33. The molecule has 2 N–H and O–H groups in total. The van der Waals surface area contributed by atoms with Gasteiger partial charge in [-0.3, -0.25) is 9.69 Å². The molecule has 2 heterocycles. The Balaban J connectivity index is 0.00000225. The summed E-state index contributed by atoms with van der Waals surface area (Å²) in [5.41, 5.74) is 7.60. The molecule has 0 saturated carbocycles. The van der Waals surface area contributed by atoms with Crippen molar-refractivity contribution in [3.63, 3.8) is 0 Å². The number of aryl methyl sites for hydroxylation is 1. The molecule has 0 aliphatic carbocycles. The summed E-state index contributed by atoms with van der Waals surface area (Å²) in [7, 11) is 0. The van der Waals surface area contributed by atoms with Gasteiger partial charge in [0.1, 0.15) is 5.82 Å². The topological polar surface area (TPSA) is 49.6 Å². The first kappa shape index (κ1) is 20.1. The molecule has 2 aliphatic rings. The van der Waals surface area contributed by atoms with Crippen molar-refractivity contribution in [3.05, 3.63) is 29.6 Å². The molecule has 0 aromatic heterocycles. The van der Waals surface area contributed by atoms with Gasteiger partial charge in [-0.2, -0.15) is 0 Å². The average Bonchev–Trinajstić information content (AvgIpc) is 2.53. The molecule has 3 rings (SSSR count). The number of hydrogen-bond donors (Lipinski definition) is 1. The Morgan fingerprint density at radius 3 is 2.64 bits per heavy atom. The largest absolute Gasteiger partial charge is 0.327 e. The molecule has 0 bridgehead atoms. The van der Waals surface area contributed by atoms with Crippen LogP contribution in [0, 0.1) is 18.2 Å². The first-order chi connectivity index (χ1) is 11.3. The summed E-state index contributed by atoms with van der Waals surface area (Å²) in [6, 6.07) is 4.96. The van der Waals surface area contributed by atoms with E-state index in [2.05, 4.69) is 18.7 Å². The molecule has 0 spiro atoms. The van der Waals surface area contributed by atoms with Crippen molar-refractivity contribution in [2.75, 3.05) is 24.5 Å². The van der Waals surface area contributed by atoms with Gasteiger partial charge in [-0.25, -0.2) is 4.39 Å². The lowest BCUT2D eigenvalue weighted by molar-refractivity contribution is -0.127. The van der Waals surface area contributed by atoms with E-state index in [4.69, 9.17) is 5.73 Å². The quantitative estimate of drug-likeness (QED) is 0.871. The third kappa shape index (κ3) is 3.99. The highest BCUT2D eigenvalue weighted by atomic mass is 35.5. The van der Waals surface area contributed by atoms with Crippen molar-refractivity contribution in [2.24, 2.45) is 11.1 Å². The lowest BCUT2D eigenvalue weighted by atomic mass is 9.79. The summed E-state index contributed by atoms with van der Waals surface area (Å²) >= 11 is 0. The summed E-state index contributed by atoms with van der Waals surface area (Å²) in [5, 5.41) is 0. The summed E-state index contributed by atoms with van der Waals surface area (Å²) in [6.07, 6.45) is 2.64. The number of likely N-dealkylation sites (tertiary alicyclic amines) is 1. The van der Waals surface area contributed by atoms with Gasteiger partial charge in [0.2, 0.25) is 5.91 Å². The molecule has 25 heavy (non-hydrogen) atoms. The number of carbonyl (C=O) groups is 1. The molecule has 1 aromatic rings. The Labute approximate surface area is 156 Å². The molecular formula is C19H29ClFN3O. The number of rotatable bonds is 2. The van der Waals surface area contributed by atoms with Crippen LogP contribution in [0.3, 0.4) is 0 Å². The molecular weight excluding hydrogens is 341 g/mol. The minimum Gasteiger partial charge on any atom is -0.327 e. The van der Waals surface area contributed by atoms with Gasteiger partial charge in [0, 0.05) is 25.7 Å². The second-order valence-electron chi connectivity index (χ2n) is 7.96. The molecule has 2 atom stereocenters. The van der Waals surface area contributed by atoms with Crippen LogP contribution in [0.5, 0.6) is 0 Å². The first-order valence-corrected chi connectivity index (χ1v) is 8.87. The zero-order valence-corrected chi connectivity index (χ0v) is 16.1. The Morgan fingerprint density at radius 1 is 1.24 bits per heavy atom. The van der Waals surface area contributed by atoms with E-state index in [0.717, 1.165) is 37.9 Å². The molecule has 1 aromatic carbocycles. The van der Waals surface area contributed by atoms with Gasteiger partial charge < -0.3 is 10.6 Å². The molecule has 2 fully saturated rings. The number of anilines is 1. The van der Waals surface area contributed by atoms with Crippen LogP contribution in [0.15, 0.2) is 18.2 Å². The fourth-order valence-corrected chi connectivity index (χ4v) is 3.95. The van der Waals surface area contributed by atoms with Gasteiger partial charge in [-0.15, -0.1) is 12.4 Å². The minimum atomic E-state index is -0.324. The molecule has 4 nitrogen and oxygen atoms in total. The van der Waals surface area contributed by atoms with E-state index in [9.17, 15) is 9.18 Å². The normalized spacial score (nSPS) is 27.1. The van der Waals surface area contributed by atoms with Crippen LogP contribution in [-0.2, 0) is 4.79 Å². The number of piperidine rings is 2. The van der Waals surface area contributed by atoms with Crippen molar-refractivity contribution >= 4 is 24.0 Å². The van der Waals surface area contributed by atoms with Crippen molar-refractivity contribution in [1.82, 2.24) is 4.90 Å². The molecule has 2 unspecified atom stereocenters. The maximum Gasteiger partial charge on any atom is 0.244 e. The highest BCUT2D eigenvalue weighted by Gasteiger charge is 2.41. The van der Waals surface area contributed by atoms with Gasteiger partial charge in [0.15, 0.2) is 0 Å². The summed E-state index contributed by atoms with van der Waals surface area (Å²) < 4.78 is 14.2. The van der Waals surface area contributed by atoms with E-state index in [1.165, 1.54) is 6.07 Å². The molecule has 1 amide bonds. The van der Waals surface area contributed by atoms with Crippen molar-refractivity contribution in [2.45, 2.75) is 52.1 Å². The zero-order valence-electron chi connectivity index (χ0n) is 15.3. The predicted molar refractivity (Wildman–Crippen MR) is 102 cm³/mol. The number of benzene rings is 1. The van der Waals surface area contributed by atoms with E-state index in [1.807, 2.05) is 6.92 Å². The van der Waals surface area contributed by atoms with Crippen LogP contribution >= 0.6 is 12.4 Å². The van der Waals surface area contributed by atoms with E-state index in [-0.39, 0.29) is 41.6 Å². The summed E-state index contributed by atoms with van der Waals surface area (Å²) in [6.45, 7) is 8.49. The van der Waals surface area contributed by atoms with Gasteiger partial charge >= 0.3 is 0 Å². The maximum atomic E-state index is 14.2. The Morgan fingerprint density at radius 2 is 1.96 bits per heavy atom. The highest BCUT2D eigenvalue weighted by molar-refractivity contribution is 5.98. The van der Waals surface area contributed by atoms with Crippen molar-refractivity contribution in [1.29, 1.82) is 0 Å². The Hall–Kier alpha value is -1.17. The van der Waals surface area contributed by atoms with E-state index in [0.29, 0.717) is 12.2 Å². The second-order valence-corrected chi connectivity index (χ2v) is 7.96. The number of carbonyl (C=O) groups excluding carboxylic acids is 1. The van der Waals surface area contributed by atoms with Crippen molar-refractivity contribution < 1.29 is 9.18 Å². The number of amides is 1. The predicted octanol–water partition coefficient (Wildman–Crippen LogP) is 3.11. The molecule has 0 radical (unpaired) electrons. The van der Waals surface area contributed by atoms with Crippen LogP contribution in [0.2, 0.25) is 0 Å². The average molecular weight is 370 g/mol. The van der Waals surface area contributed by atoms with E-state index in [1.54, 1.807) is 17.0 Å². The monoisotopic (exact) mass is 369 g/mol. The molecule has 140 valence electrons. The standard InChI is InChI=1S/C19H28FN3O.ClH/c1-13-6-7-14(20)16(11-13)23-9-4-5-15(18(23)24)22-10-8-17(21)19(2,3)12-22;/h6-7,11,15,17H,4-5,8-10,12,21H2,1-3H3;1H. The fourth-order valence-electron chi connectivity index (χ4n) is 3.95. The van der Waals surface area contributed by atoms with Crippen LogP contribution in [0.25, 0.3) is 0 Å². The molecule has 2 saturated heterocycles. The number of nitrogens with two attached hydrogens (primary N) is 1. The minimum absolute atomic E-state index is 0. The third-order valence-electron chi connectivity index (χ3n) is 5.59. The van der Waals surface area contributed by atoms with Crippen molar-refractivity contribution in [3.8, 4) is 0 Å².